The van der Waals surface area contributed by atoms with Gasteiger partial charge < -0.3 is 19.1 Å². The molecule has 4 nitrogen and oxygen atoms in total. The van der Waals surface area contributed by atoms with Gasteiger partial charge in [0.25, 0.3) is 6.71 Å². The van der Waals surface area contributed by atoms with Gasteiger partial charge in [0.05, 0.1) is 18.2 Å². The first-order chi connectivity index (χ1) is 35.7. The third-order valence-corrected chi connectivity index (χ3v) is 16.8. The lowest BCUT2D eigenvalue weighted by atomic mass is 9.33. The summed E-state index contributed by atoms with van der Waals surface area (Å²) in [6.45, 7) is 27.7. The fourth-order valence-corrected chi connectivity index (χ4v) is 12.6. The highest BCUT2D eigenvalue weighted by atomic mass is 16.3. The molecule has 0 radical (unpaired) electrons. The highest BCUT2D eigenvalue weighted by Crippen LogP contribution is 2.51. The first-order valence-corrected chi connectivity index (χ1v) is 27.2. The van der Waals surface area contributed by atoms with Gasteiger partial charge in [-0.15, -0.1) is 0 Å². The summed E-state index contributed by atoms with van der Waals surface area (Å²) >= 11 is 0. The summed E-state index contributed by atoms with van der Waals surface area (Å²) in [5.74, 6) is 0.376. The summed E-state index contributed by atoms with van der Waals surface area (Å²) in [5.41, 5.74) is 23.5. The molecule has 2 aliphatic carbocycles. The van der Waals surface area contributed by atoms with Crippen molar-refractivity contribution < 1.29 is 4.42 Å². The monoisotopic (exact) mass is 978 g/mol. The van der Waals surface area contributed by atoms with Gasteiger partial charge in [-0.3, -0.25) is 0 Å². The van der Waals surface area contributed by atoms with Gasteiger partial charge in [-0.25, -0.2) is 0 Å². The van der Waals surface area contributed by atoms with E-state index in [0.717, 1.165) is 39.9 Å². The summed E-state index contributed by atoms with van der Waals surface area (Å²) < 4.78 is 5.99. The molecule has 4 aliphatic rings. The molecule has 5 heteroatoms. The Hall–Kier alpha value is -7.50. The lowest BCUT2D eigenvalue weighted by Crippen LogP contribution is -2.61. The van der Waals surface area contributed by atoms with E-state index in [1.54, 1.807) is 0 Å². The SMILES string of the molecule is CC(C)(C)c1ccc(N(c2ccc3c(c2)N(c2ccc(C(C)(C)C)cc2)c2cc(C(C)(C)C)cc4c2B3c2cc3cocc3cc2N4c2ccc(C(C)(C)C)cc2)c2ccc3ccc4c5c3c2C=CC5CC=C4)cc1. The molecule has 13 rings (SSSR count). The summed E-state index contributed by atoms with van der Waals surface area (Å²) in [6, 6.07) is 54.5. The Morgan fingerprint density at radius 3 is 1.60 bits per heavy atom. The largest absolute Gasteiger partial charge is 0.471 e. The van der Waals surface area contributed by atoms with Gasteiger partial charge in [-0.1, -0.05) is 174 Å². The predicted molar refractivity (Wildman–Crippen MR) is 323 cm³/mol. The van der Waals surface area contributed by atoms with Gasteiger partial charge in [0.15, 0.2) is 0 Å². The highest BCUT2D eigenvalue weighted by molar-refractivity contribution is 7.00. The van der Waals surface area contributed by atoms with E-state index >= 15 is 0 Å². The van der Waals surface area contributed by atoms with Gasteiger partial charge in [0.2, 0.25) is 0 Å². The summed E-state index contributed by atoms with van der Waals surface area (Å²) in [7, 11) is 0. The quantitative estimate of drug-likeness (QED) is 0.160. The molecule has 3 heterocycles. The summed E-state index contributed by atoms with van der Waals surface area (Å²) in [6.07, 6.45) is 14.4. The Morgan fingerprint density at radius 1 is 0.480 bits per heavy atom. The van der Waals surface area contributed by atoms with E-state index < -0.39 is 0 Å². The van der Waals surface area contributed by atoms with Gasteiger partial charge in [0, 0.05) is 67.8 Å². The van der Waals surface area contributed by atoms with Crippen molar-refractivity contribution >= 4 is 108 Å². The molecule has 0 fully saturated rings. The van der Waals surface area contributed by atoms with Crippen LogP contribution in [0.2, 0.25) is 0 Å². The first-order valence-electron chi connectivity index (χ1n) is 27.2. The standard InChI is InChI=1S/C70H68BN3O/c1-67(2,3)48-20-26-52(27-21-48)72(59-35-19-45-17-16-43-14-13-15-44-18-33-56(59)65(45)64(43)44)55-32-34-57-61(40-55)74(54-30-24-50(25-31-54)69(7,8)9)63-39-51(70(10,11)12)38-62-66(63)71(57)58-36-46-41-75-42-47(46)37-60(58)73(62)53-28-22-49(23-29-53)68(4,5)6/h13-14,16-42,44H,15H2,1-12H3. The molecule has 0 bridgehead atoms. The van der Waals surface area contributed by atoms with Crippen LogP contribution in [0.5, 0.6) is 0 Å². The van der Waals surface area contributed by atoms with E-state index in [1.807, 2.05) is 12.5 Å². The predicted octanol–water partition coefficient (Wildman–Crippen LogP) is 17.9. The van der Waals surface area contributed by atoms with Gasteiger partial charge in [-0.2, -0.15) is 0 Å². The Bertz CT molecular complexity index is 3840. The van der Waals surface area contributed by atoms with Crippen molar-refractivity contribution in [1.82, 2.24) is 0 Å². The fraction of sp³-hybridized carbons (Fsp3) is 0.257. The average molecular weight is 978 g/mol. The molecule has 1 aromatic heterocycles. The average Bonchev–Trinajstić information content (AvgIpc) is 3.85. The second kappa shape index (κ2) is 16.5. The van der Waals surface area contributed by atoms with Crippen molar-refractivity contribution in [2.75, 3.05) is 14.7 Å². The smallest absolute Gasteiger partial charge is 0.252 e. The van der Waals surface area contributed by atoms with Crippen LogP contribution in [0.3, 0.4) is 0 Å². The Kier molecular flexibility index (Phi) is 10.4. The van der Waals surface area contributed by atoms with E-state index in [0.29, 0.717) is 5.92 Å². The minimum absolute atomic E-state index is 0.000263. The molecular weight excluding hydrogens is 910 g/mol. The van der Waals surface area contributed by atoms with Crippen molar-refractivity contribution in [3.63, 3.8) is 0 Å². The highest BCUT2D eigenvalue weighted by Gasteiger charge is 2.45. The van der Waals surface area contributed by atoms with Crippen molar-refractivity contribution in [2.45, 2.75) is 117 Å². The third kappa shape index (κ3) is 7.62. The number of furan rings is 1. The number of hydrogen-bond donors (Lipinski definition) is 0. The number of allylic oxidation sites excluding steroid dienone is 2. The van der Waals surface area contributed by atoms with Crippen LogP contribution in [0.1, 0.15) is 134 Å². The Balaban J connectivity index is 1.10. The number of nitrogens with zero attached hydrogens (tertiary/aromatic N) is 3. The number of rotatable bonds is 5. The van der Waals surface area contributed by atoms with E-state index in [-0.39, 0.29) is 28.4 Å². The number of fused-ring (bicyclic) bond motifs is 5. The van der Waals surface area contributed by atoms with Crippen LogP contribution < -0.4 is 31.1 Å². The van der Waals surface area contributed by atoms with E-state index in [1.165, 1.54) is 94.5 Å². The van der Waals surface area contributed by atoms with E-state index in [4.69, 9.17) is 4.42 Å². The lowest BCUT2D eigenvalue weighted by Gasteiger charge is -2.45. The van der Waals surface area contributed by atoms with Crippen LogP contribution in [-0.2, 0) is 21.7 Å². The first kappa shape index (κ1) is 47.2. The summed E-state index contributed by atoms with van der Waals surface area (Å²) in [4.78, 5) is 7.67. The maximum atomic E-state index is 5.99. The van der Waals surface area contributed by atoms with Crippen molar-refractivity contribution in [1.29, 1.82) is 0 Å². The molecule has 1 unspecified atom stereocenters. The molecule has 0 N–H and O–H groups in total. The minimum atomic E-state index is -0.156. The van der Waals surface area contributed by atoms with Crippen molar-refractivity contribution in [2.24, 2.45) is 0 Å². The molecule has 0 saturated carbocycles. The number of benzene rings is 8. The lowest BCUT2D eigenvalue weighted by molar-refractivity contribution is 0.572. The van der Waals surface area contributed by atoms with E-state index in [2.05, 4.69) is 262 Å². The fourth-order valence-electron chi connectivity index (χ4n) is 12.6. The molecule has 1 atom stereocenters. The number of hydrogen-bond acceptors (Lipinski definition) is 4. The Labute approximate surface area is 445 Å². The minimum Gasteiger partial charge on any atom is -0.471 e. The molecule has 0 spiro atoms. The van der Waals surface area contributed by atoms with Gasteiger partial charge in [-0.05, 0) is 161 Å². The maximum absolute atomic E-state index is 5.99. The zero-order valence-electron chi connectivity index (χ0n) is 45.9. The number of anilines is 9. The topological polar surface area (TPSA) is 22.9 Å². The molecular formula is C70H68BN3O. The van der Waals surface area contributed by atoms with Crippen molar-refractivity contribution in [3.05, 3.63) is 203 Å². The van der Waals surface area contributed by atoms with Gasteiger partial charge >= 0.3 is 0 Å². The second-order valence-corrected chi connectivity index (χ2v) is 25.9. The van der Waals surface area contributed by atoms with Crippen LogP contribution in [0, 0.1) is 0 Å². The van der Waals surface area contributed by atoms with Crippen LogP contribution in [-0.4, -0.2) is 6.71 Å². The zero-order chi connectivity index (χ0) is 52.1. The molecule has 75 heavy (non-hydrogen) atoms. The molecule has 8 aromatic carbocycles. The second-order valence-electron chi connectivity index (χ2n) is 25.9. The molecule has 372 valence electrons. The normalized spacial score (nSPS) is 15.6. The summed E-state index contributed by atoms with van der Waals surface area (Å²) in [5, 5.41) is 4.86. The van der Waals surface area contributed by atoms with Crippen LogP contribution in [0.4, 0.5) is 51.2 Å². The zero-order valence-corrected chi connectivity index (χ0v) is 45.9. The van der Waals surface area contributed by atoms with Crippen LogP contribution >= 0.6 is 0 Å². The van der Waals surface area contributed by atoms with Crippen molar-refractivity contribution in [3.8, 4) is 0 Å². The third-order valence-electron chi connectivity index (χ3n) is 16.8. The van der Waals surface area contributed by atoms with Crippen LogP contribution in [0.15, 0.2) is 169 Å². The Morgan fingerprint density at radius 2 is 1.01 bits per heavy atom. The molecule has 0 amide bonds. The van der Waals surface area contributed by atoms with Crippen LogP contribution in [0.25, 0.3) is 33.7 Å². The van der Waals surface area contributed by atoms with E-state index in [9.17, 15) is 0 Å². The molecule has 0 saturated heterocycles. The molecule has 9 aromatic rings. The molecule has 2 aliphatic heterocycles. The van der Waals surface area contributed by atoms with Gasteiger partial charge in [0.1, 0.15) is 0 Å². The maximum Gasteiger partial charge on any atom is 0.252 e.